The number of ether oxygens (including phenoxy) is 2. The Bertz CT molecular complexity index is 787. The first-order valence-corrected chi connectivity index (χ1v) is 8.90. The van der Waals surface area contributed by atoms with Gasteiger partial charge < -0.3 is 24.7 Å². The van der Waals surface area contributed by atoms with E-state index in [2.05, 4.69) is 15.3 Å². The third-order valence-electron chi connectivity index (χ3n) is 5.02. The minimum Gasteiger partial charge on any atom is -0.441 e. The molecule has 3 heterocycles. The number of benzene rings is 1. The van der Waals surface area contributed by atoms with Gasteiger partial charge in [-0.3, -0.25) is 4.79 Å². The van der Waals surface area contributed by atoms with Gasteiger partial charge in [0.1, 0.15) is 24.6 Å². The molecular formula is C18H22N4O4. The van der Waals surface area contributed by atoms with Gasteiger partial charge in [0, 0.05) is 19.5 Å². The lowest BCUT2D eigenvalue weighted by molar-refractivity contribution is -0.136. The zero-order valence-electron chi connectivity index (χ0n) is 14.5. The molecule has 0 radical (unpaired) electrons. The topological polar surface area (TPSA) is 96.5 Å². The molecule has 2 amide bonds. The predicted octanol–water partition coefficient (Wildman–Crippen LogP) is 1.57. The van der Waals surface area contributed by atoms with E-state index < -0.39 is 5.60 Å². The summed E-state index contributed by atoms with van der Waals surface area (Å²) in [6.07, 6.45) is 1.87. The van der Waals surface area contributed by atoms with Gasteiger partial charge in [-0.05, 0) is 25.0 Å². The molecule has 2 aliphatic heterocycles. The van der Waals surface area contributed by atoms with Gasteiger partial charge in [0.2, 0.25) is 5.91 Å². The quantitative estimate of drug-likeness (QED) is 0.865. The van der Waals surface area contributed by atoms with E-state index in [9.17, 15) is 9.59 Å². The first-order chi connectivity index (χ1) is 12.6. The summed E-state index contributed by atoms with van der Waals surface area (Å²) >= 11 is 0. The number of amides is 2. The highest BCUT2D eigenvalue weighted by atomic mass is 16.6. The number of carbonyl (C=O) groups excluding carboxylic acids is 2. The van der Waals surface area contributed by atoms with Crippen molar-refractivity contribution in [2.75, 3.05) is 26.2 Å². The zero-order valence-corrected chi connectivity index (χ0v) is 14.5. The van der Waals surface area contributed by atoms with Crippen molar-refractivity contribution >= 4 is 23.0 Å². The number of imidazole rings is 1. The van der Waals surface area contributed by atoms with E-state index in [-0.39, 0.29) is 25.2 Å². The van der Waals surface area contributed by atoms with Gasteiger partial charge in [-0.1, -0.05) is 12.1 Å². The fourth-order valence-corrected chi connectivity index (χ4v) is 3.60. The Morgan fingerprint density at radius 3 is 3.00 bits per heavy atom. The molecule has 26 heavy (non-hydrogen) atoms. The molecular weight excluding hydrogens is 336 g/mol. The Kier molecular flexibility index (Phi) is 4.50. The maximum absolute atomic E-state index is 12.4. The third-order valence-corrected chi connectivity index (χ3v) is 5.02. The first-order valence-electron chi connectivity index (χ1n) is 8.90. The number of aromatic amines is 1. The number of H-pyrrole nitrogens is 1. The van der Waals surface area contributed by atoms with E-state index in [1.54, 1.807) is 4.90 Å². The van der Waals surface area contributed by atoms with Crippen molar-refractivity contribution in [3.05, 3.63) is 30.1 Å². The molecule has 1 aromatic heterocycles. The van der Waals surface area contributed by atoms with Crippen LogP contribution in [0.4, 0.5) is 4.79 Å². The molecule has 1 atom stereocenters. The van der Waals surface area contributed by atoms with Crippen LogP contribution in [0.15, 0.2) is 24.3 Å². The summed E-state index contributed by atoms with van der Waals surface area (Å²) < 4.78 is 11.0. The normalized spacial score (nSPS) is 23.1. The molecule has 2 aromatic rings. The van der Waals surface area contributed by atoms with E-state index in [1.165, 1.54) is 0 Å². The van der Waals surface area contributed by atoms with Gasteiger partial charge in [-0.2, -0.15) is 0 Å². The third kappa shape index (κ3) is 3.50. The second-order valence-electron chi connectivity index (χ2n) is 6.85. The lowest BCUT2D eigenvalue weighted by Gasteiger charge is -2.24. The van der Waals surface area contributed by atoms with Gasteiger partial charge in [0.15, 0.2) is 0 Å². The number of para-hydroxylation sites is 2. The smallest absolute Gasteiger partial charge is 0.407 e. The maximum Gasteiger partial charge on any atom is 0.407 e. The molecule has 1 aromatic carbocycles. The van der Waals surface area contributed by atoms with Gasteiger partial charge in [0.25, 0.3) is 0 Å². The molecule has 0 aliphatic carbocycles. The van der Waals surface area contributed by atoms with Crippen LogP contribution in [0.2, 0.25) is 0 Å². The Morgan fingerprint density at radius 2 is 2.19 bits per heavy atom. The minimum atomic E-state index is -0.457. The van der Waals surface area contributed by atoms with Crippen LogP contribution >= 0.6 is 0 Å². The van der Waals surface area contributed by atoms with Crippen molar-refractivity contribution in [1.29, 1.82) is 0 Å². The number of nitrogens with one attached hydrogen (secondary N) is 2. The van der Waals surface area contributed by atoms with Crippen LogP contribution in [0.3, 0.4) is 0 Å². The SMILES string of the molecule is O=C1NC[C@]2(CCCN(C(=O)COCc3nc4ccccc4[nH]3)CC2)O1. The Hall–Kier alpha value is -2.61. The molecule has 4 rings (SSSR count). The van der Waals surface area contributed by atoms with Crippen LogP contribution in [0.1, 0.15) is 25.1 Å². The molecule has 8 heteroatoms. The number of aromatic nitrogens is 2. The fraction of sp³-hybridized carbons (Fsp3) is 0.500. The lowest BCUT2D eigenvalue weighted by atomic mass is 9.95. The number of nitrogens with zero attached hydrogens (tertiary/aromatic N) is 2. The molecule has 8 nitrogen and oxygen atoms in total. The second kappa shape index (κ2) is 6.95. The number of carbonyl (C=O) groups is 2. The number of rotatable bonds is 4. The molecule has 1 spiro atoms. The van der Waals surface area contributed by atoms with E-state index in [1.807, 2.05) is 24.3 Å². The molecule has 2 fully saturated rings. The minimum absolute atomic E-state index is 0.0160. The van der Waals surface area contributed by atoms with Crippen LogP contribution in [0, 0.1) is 0 Å². The van der Waals surface area contributed by atoms with E-state index >= 15 is 0 Å². The van der Waals surface area contributed by atoms with Crippen LogP contribution in [-0.2, 0) is 20.9 Å². The Morgan fingerprint density at radius 1 is 1.31 bits per heavy atom. The van der Waals surface area contributed by atoms with E-state index in [4.69, 9.17) is 9.47 Å². The molecule has 0 unspecified atom stereocenters. The largest absolute Gasteiger partial charge is 0.441 e. The van der Waals surface area contributed by atoms with Gasteiger partial charge in [0.05, 0.1) is 17.6 Å². The highest BCUT2D eigenvalue weighted by Crippen LogP contribution is 2.29. The first kappa shape index (κ1) is 16.8. The second-order valence-corrected chi connectivity index (χ2v) is 6.85. The number of hydrogen-bond acceptors (Lipinski definition) is 5. The average Bonchev–Trinajstić information content (AvgIpc) is 3.14. The fourth-order valence-electron chi connectivity index (χ4n) is 3.60. The summed E-state index contributed by atoms with van der Waals surface area (Å²) in [6.45, 7) is 2.03. The monoisotopic (exact) mass is 358 g/mol. The highest BCUT2D eigenvalue weighted by Gasteiger charge is 2.41. The summed E-state index contributed by atoms with van der Waals surface area (Å²) in [5.74, 6) is 0.660. The standard InChI is InChI=1S/C18H22N4O4/c23-16(11-25-10-15-20-13-4-1-2-5-14(13)21-15)22-8-3-6-18(7-9-22)12-19-17(24)26-18/h1-2,4-5H,3,6-12H2,(H,19,24)(H,20,21)/t18-/m1/s1. The number of fused-ring (bicyclic) bond motifs is 1. The van der Waals surface area contributed by atoms with Crippen LogP contribution in [0.25, 0.3) is 11.0 Å². The van der Waals surface area contributed by atoms with Gasteiger partial charge in [-0.15, -0.1) is 0 Å². The summed E-state index contributed by atoms with van der Waals surface area (Å²) in [4.78, 5) is 33.2. The summed E-state index contributed by atoms with van der Waals surface area (Å²) in [6, 6.07) is 7.76. The molecule has 2 saturated heterocycles. The van der Waals surface area contributed by atoms with E-state index in [0.717, 1.165) is 23.9 Å². The average molecular weight is 358 g/mol. The van der Waals surface area contributed by atoms with Crippen molar-refractivity contribution in [1.82, 2.24) is 20.2 Å². The highest BCUT2D eigenvalue weighted by molar-refractivity contribution is 5.77. The van der Waals surface area contributed by atoms with Crippen molar-refractivity contribution in [2.24, 2.45) is 0 Å². The molecule has 0 bridgehead atoms. The summed E-state index contributed by atoms with van der Waals surface area (Å²) in [5.41, 5.74) is 1.38. The molecule has 2 N–H and O–H groups in total. The molecule has 0 saturated carbocycles. The molecule has 2 aliphatic rings. The zero-order chi connectivity index (χ0) is 18.0. The lowest BCUT2D eigenvalue weighted by Crippen LogP contribution is -2.38. The van der Waals surface area contributed by atoms with Crippen LogP contribution < -0.4 is 5.32 Å². The van der Waals surface area contributed by atoms with E-state index in [0.29, 0.717) is 31.9 Å². The van der Waals surface area contributed by atoms with Crippen molar-refractivity contribution < 1.29 is 19.1 Å². The summed E-state index contributed by atoms with van der Waals surface area (Å²) in [7, 11) is 0. The van der Waals surface area contributed by atoms with Crippen molar-refractivity contribution in [3.8, 4) is 0 Å². The van der Waals surface area contributed by atoms with Crippen LogP contribution in [0.5, 0.6) is 0 Å². The maximum atomic E-state index is 12.4. The summed E-state index contributed by atoms with van der Waals surface area (Å²) in [5, 5.41) is 2.72. The number of alkyl carbamates (subject to hydrolysis) is 1. The number of hydrogen-bond donors (Lipinski definition) is 2. The predicted molar refractivity (Wildman–Crippen MR) is 93.4 cm³/mol. The van der Waals surface area contributed by atoms with Gasteiger partial charge >= 0.3 is 6.09 Å². The Labute approximate surface area is 150 Å². The van der Waals surface area contributed by atoms with Gasteiger partial charge in [-0.25, -0.2) is 9.78 Å². The number of likely N-dealkylation sites (tertiary alicyclic amines) is 1. The van der Waals surface area contributed by atoms with Crippen LogP contribution in [-0.4, -0.2) is 58.7 Å². The van der Waals surface area contributed by atoms with Crippen molar-refractivity contribution in [3.63, 3.8) is 0 Å². The Balaban J connectivity index is 1.27. The molecule has 138 valence electrons. The van der Waals surface area contributed by atoms with Crippen molar-refractivity contribution in [2.45, 2.75) is 31.5 Å².